The fourth-order valence-electron chi connectivity index (χ4n) is 2.05. The summed E-state index contributed by atoms with van der Waals surface area (Å²) in [6.45, 7) is 2.57. The lowest BCUT2D eigenvalue weighted by Gasteiger charge is -2.19. The molecule has 0 spiro atoms. The summed E-state index contributed by atoms with van der Waals surface area (Å²) in [6.07, 6.45) is 0.298. The quantitative estimate of drug-likeness (QED) is 0.920. The minimum atomic E-state index is -0.549. The van der Waals surface area contributed by atoms with Crippen LogP contribution >= 0.6 is 0 Å². The Labute approximate surface area is 135 Å². The highest BCUT2D eigenvalue weighted by atomic mass is 16.6. The summed E-state index contributed by atoms with van der Waals surface area (Å²) < 4.78 is 5.30. The molecule has 0 heterocycles. The molecule has 0 bridgehead atoms. The van der Waals surface area contributed by atoms with Crippen molar-refractivity contribution >= 4 is 17.7 Å². The molecule has 0 fully saturated rings. The number of carbonyl (C=O) groups excluding carboxylic acids is 2. The van der Waals surface area contributed by atoms with Crippen LogP contribution in [-0.4, -0.2) is 25.6 Å². The molecule has 2 aromatic rings. The maximum atomic E-state index is 12.3. The molecule has 0 aliphatic heterocycles. The van der Waals surface area contributed by atoms with Gasteiger partial charge in [-0.25, -0.2) is 4.79 Å². The number of nitrogens with zero attached hydrogens (tertiary/aromatic N) is 1. The van der Waals surface area contributed by atoms with E-state index in [0.717, 1.165) is 6.42 Å². The van der Waals surface area contributed by atoms with Crippen LogP contribution in [0.1, 0.15) is 23.7 Å². The Morgan fingerprint density at radius 3 is 2.39 bits per heavy atom. The highest BCUT2D eigenvalue weighted by Crippen LogP contribution is 2.21. The zero-order valence-electron chi connectivity index (χ0n) is 13.3. The van der Waals surface area contributed by atoms with Gasteiger partial charge in [0.25, 0.3) is 5.91 Å². The van der Waals surface area contributed by atoms with E-state index in [2.05, 4.69) is 5.32 Å². The Morgan fingerprint density at radius 2 is 1.70 bits per heavy atom. The van der Waals surface area contributed by atoms with Crippen molar-refractivity contribution in [2.75, 3.05) is 18.5 Å². The van der Waals surface area contributed by atoms with Gasteiger partial charge >= 0.3 is 6.09 Å². The van der Waals surface area contributed by atoms with Gasteiger partial charge in [0.05, 0.1) is 11.3 Å². The molecule has 2 amide bonds. The summed E-state index contributed by atoms with van der Waals surface area (Å²) in [6, 6.07) is 15.8. The van der Waals surface area contributed by atoms with Crippen molar-refractivity contribution in [1.29, 1.82) is 0 Å². The van der Waals surface area contributed by atoms with Crippen LogP contribution in [-0.2, 0) is 0 Å². The molecule has 0 aliphatic rings. The van der Waals surface area contributed by atoms with Gasteiger partial charge in [0.2, 0.25) is 0 Å². The third-order valence-corrected chi connectivity index (χ3v) is 3.27. The molecule has 23 heavy (non-hydrogen) atoms. The number of anilines is 1. The molecular formula is C18H20N2O3. The summed E-state index contributed by atoms with van der Waals surface area (Å²) in [5.74, 6) is 0.249. The first-order chi connectivity index (χ1) is 11.1. The van der Waals surface area contributed by atoms with Crippen LogP contribution in [0.4, 0.5) is 10.5 Å². The summed E-state index contributed by atoms with van der Waals surface area (Å²) in [4.78, 5) is 25.8. The van der Waals surface area contributed by atoms with E-state index in [0.29, 0.717) is 23.5 Å². The number of amides is 2. The number of benzene rings is 2. The Hall–Kier alpha value is -2.82. The lowest BCUT2D eigenvalue weighted by Crippen LogP contribution is -2.32. The number of hydrogen-bond acceptors (Lipinski definition) is 3. The number of rotatable bonds is 5. The third-order valence-electron chi connectivity index (χ3n) is 3.27. The van der Waals surface area contributed by atoms with Crippen molar-refractivity contribution in [3.8, 4) is 5.75 Å². The van der Waals surface area contributed by atoms with Gasteiger partial charge in [0, 0.05) is 13.6 Å². The zero-order chi connectivity index (χ0) is 16.7. The smallest absolute Gasteiger partial charge is 0.410 e. The maximum Gasteiger partial charge on any atom is 0.419 e. The molecule has 5 nitrogen and oxygen atoms in total. The SMILES string of the molecule is CCCNC(=O)c1ccccc1N(C)C(=O)Oc1ccccc1. The average molecular weight is 312 g/mol. The minimum absolute atomic E-state index is 0.207. The van der Waals surface area contributed by atoms with Crippen LogP contribution in [0.15, 0.2) is 54.6 Å². The van der Waals surface area contributed by atoms with Crippen molar-refractivity contribution in [1.82, 2.24) is 5.32 Å². The van der Waals surface area contributed by atoms with E-state index in [1.54, 1.807) is 55.6 Å². The first kappa shape index (κ1) is 16.5. The van der Waals surface area contributed by atoms with Gasteiger partial charge in [-0.15, -0.1) is 0 Å². The second kappa shape index (κ2) is 7.98. The third kappa shape index (κ3) is 4.32. The van der Waals surface area contributed by atoms with E-state index < -0.39 is 6.09 Å². The van der Waals surface area contributed by atoms with Crippen molar-refractivity contribution in [3.63, 3.8) is 0 Å². The van der Waals surface area contributed by atoms with E-state index in [-0.39, 0.29) is 5.91 Å². The van der Waals surface area contributed by atoms with E-state index in [1.807, 2.05) is 13.0 Å². The molecule has 0 unspecified atom stereocenters. The molecule has 120 valence electrons. The largest absolute Gasteiger partial charge is 0.419 e. The van der Waals surface area contributed by atoms with Gasteiger partial charge < -0.3 is 10.1 Å². The first-order valence-corrected chi connectivity index (χ1v) is 7.51. The second-order valence-electron chi connectivity index (χ2n) is 5.01. The second-order valence-corrected chi connectivity index (χ2v) is 5.01. The predicted molar refractivity (Wildman–Crippen MR) is 89.9 cm³/mol. The predicted octanol–water partition coefficient (Wildman–Crippen LogP) is 3.46. The maximum absolute atomic E-state index is 12.3. The van der Waals surface area contributed by atoms with Crippen molar-refractivity contribution < 1.29 is 14.3 Å². The topological polar surface area (TPSA) is 58.6 Å². The summed E-state index contributed by atoms with van der Waals surface area (Å²) in [5.41, 5.74) is 0.940. The molecule has 1 N–H and O–H groups in total. The van der Waals surface area contributed by atoms with Crippen LogP contribution in [0.25, 0.3) is 0 Å². The average Bonchev–Trinajstić information content (AvgIpc) is 2.59. The molecule has 0 saturated heterocycles. The van der Waals surface area contributed by atoms with Crippen LogP contribution in [0, 0.1) is 0 Å². The fraction of sp³-hybridized carbons (Fsp3) is 0.222. The molecular weight excluding hydrogens is 292 g/mol. The zero-order valence-corrected chi connectivity index (χ0v) is 13.3. The van der Waals surface area contributed by atoms with Gasteiger partial charge in [0.1, 0.15) is 5.75 Å². The Morgan fingerprint density at radius 1 is 1.04 bits per heavy atom. The Kier molecular flexibility index (Phi) is 5.74. The molecule has 2 rings (SSSR count). The molecule has 0 radical (unpaired) electrons. The number of ether oxygens (including phenoxy) is 1. The summed E-state index contributed by atoms with van der Waals surface area (Å²) >= 11 is 0. The molecule has 0 aliphatic carbocycles. The van der Waals surface area contributed by atoms with E-state index in [1.165, 1.54) is 4.90 Å². The Balaban J connectivity index is 2.17. The van der Waals surface area contributed by atoms with Crippen molar-refractivity contribution in [3.05, 3.63) is 60.2 Å². The normalized spacial score (nSPS) is 10.0. The first-order valence-electron chi connectivity index (χ1n) is 7.51. The number of carbonyl (C=O) groups is 2. The van der Waals surface area contributed by atoms with E-state index in [9.17, 15) is 9.59 Å². The monoisotopic (exact) mass is 312 g/mol. The molecule has 2 aromatic carbocycles. The van der Waals surface area contributed by atoms with Crippen molar-refractivity contribution in [2.45, 2.75) is 13.3 Å². The summed E-state index contributed by atoms with van der Waals surface area (Å²) in [7, 11) is 1.58. The van der Waals surface area contributed by atoms with Gasteiger partial charge in [0.15, 0.2) is 0 Å². The Bertz CT molecular complexity index is 671. The van der Waals surface area contributed by atoms with Crippen LogP contribution in [0.3, 0.4) is 0 Å². The van der Waals surface area contributed by atoms with Gasteiger partial charge in [-0.05, 0) is 30.7 Å². The lowest BCUT2D eigenvalue weighted by molar-refractivity contribution is 0.0954. The lowest BCUT2D eigenvalue weighted by atomic mass is 10.1. The summed E-state index contributed by atoms with van der Waals surface area (Å²) in [5, 5.41) is 2.81. The van der Waals surface area contributed by atoms with E-state index in [4.69, 9.17) is 4.74 Å². The van der Waals surface area contributed by atoms with Crippen LogP contribution in [0.5, 0.6) is 5.75 Å². The van der Waals surface area contributed by atoms with Gasteiger partial charge in [-0.3, -0.25) is 9.69 Å². The molecule has 0 aromatic heterocycles. The van der Waals surface area contributed by atoms with E-state index >= 15 is 0 Å². The van der Waals surface area contributed by atoms with Gasteiger partial charge in [-0.2, -0.15) is 0 Å². The molecule has 5 heteroatoms. The number of para-hydroxylation sites is 2. The fourth-order valence-corrected chi connectivity index (χ4v) is 2.05. The van der Waals surface area contributed by atoms with Crippen LogP contribution < -0.4 is 15.0 Å². The number of hydrogen-bond donors (Lipinski definition) is 1. The van der Waals surface area contributed by atoms with Crippen molar-refractivity contribution in [2.24, 2.45) is 0 Å². The molecule has 0 atom stereocenters. The highest BCUT2D eigenvalue weighted by Gasteiger charge is 2.19. The minimum Gasteiger partial charge on any atom is -0.410 e. The van der Waals surface area contributed by atoms with Crippen LogP contribution in [0.2, 0.25) is 0 Å². The number of nitrogens with one attached hydrogen (secondary N) is 1. The van der Waals surface area contributed by atoms with Gasteiger partial charge in [-0.1, -0.05) is 37.3 Å². The standard InChI is InChI=1S/C18H20N2O3/c1-3-13-19-17(21)15-11-7-8-12-16(15)20(2)18(22)23-14-9-5-4-6-10-14/h4-12H,3,13H2,1-2H3,(H,19,21). The highest BCUT2D eigenvalue weighted by molar-refractivity contribution is 6.03. The molecule has 0 saturated carbocycles.